The largest absolute Gasteiger partial charge is 0.515 e. The van der Waals surface area contributed by atoms with E-state index in [0.717, 1.165) is 4.47 Å². The summed E-state index contributed by atoms with van der Waals surface area (Å²) >= 11 is 25.0. The smallest absolute Gasteiger partial charge is 0.410 e. The molecule has 0 aliphatic rings. The summed E-state index contributed by atoms with van der Waals surface area (Å²) in [4.78, 5) is 11.2. The fourth-order valence-corrected chi connectivity index (χ4v) is 1.24. The van der Waals surface area contributed by atoms with E-state index >= 15 is 0 Å². The van der Waals surface area contributed by atoms with Crippen LogP contribution >= 0.6 is 62.3 Å². The van der Waals surface area contributed by atoms with Crippen LogP contribution in [0, 0.1) is 0 Å². The number of hydrogen-bond acceptors (Lipinski definition) is 3. The van der Waals surface area contributed by atoms with Crippen LogP contribution < -0.4 is 4.74 Å². The molecule has 0 unspecified atom stereocenters. The van der Waals surface area contributed by atoms with E-state index in [1.165, 1.54) is 0 Å². The Balaban J connectivity index is 2.53. The van der Waals surface area contributed by atoms with Crippen molar-refractivity contribution in [3.8, 4) is 5.75 Å². The summed E-state index contributed by atoms with van der Waals surface area (Å²) in [6.45, 7) is 0. The highest BCUT2D eigenvalue weighted by Gasteiger charge is 2.34. The molecular formula is C9H5BrCl4O3. The quantitative estimate of drug-likeness (QED) is 0.414. The first-order valence-corrected chi connectivity index (χ1v) is 6.50. The fourth-order valence-electron chi connectivity index (χ4n) is 0.774. The highest BCUT2D eigenvalue weighted by atomic mass is 79.9. The summed E-state index contributed by atoms with van der Waals surface area (Å²) in [6, 6.07) is 6.50. The summed E-state index contributed by atoms with van der Waals surface area (Å²) in [5.74, 6) is 0.284. The summed E-state index contributed by atoms with van der Waals surface area (Å²) in [5.41, 5.74) is -1.43. The summed E-state index contributed by atoms with van der Waals surface area (Å²) in [7, 11) is 0. The van der Waals surface area contributed by atoms with E-state index in [1.807, 2.05) is 0 Å². The maximum absolute atomic E-state index is 11.2. The second-order valence-corrected chi connectivity index (χ2v) is 6.46. The summed E-state index contributed by atoms with van der Waals surface area (Å²) in [5, 5.41) is 0. The summed E-state index contributed by atoms with van der Waals surface area (Å²) < 4.78 is 8.26. The van der Waals surface area contributed by atoms with E-state index in [4.69, 9.17) is 51.1 Å². The number of rotatable bonds is 2. The SMILES string of the molecule is O=C(Oc1ccc(Br)cc1)O[C@@H](Cl)C(Cl)(Cl)Cl. The molecule has 0 amide bonds. The molecule has 3 nitrogen and oxygen atoms in total. The third-order valence-corrected chi connectivity index (χ3v) is 3.35. The first-order chi connectivity index (χ1) is 7.79. The topological polar surface area (TPSA) is 35.5 Å². The lowest BCUT2D eigenvalue weighted by Crippen LogP contribution is -2.27. The number of hydrogen-bond donors (Lipinski definition) is 0. The first-order valence-electron chi connectivity index (χ1n) is 4.14. The molecule has 94 valence electrons. The molecule has 0 N–H and O–H groups in total. The molecule has 0 saturated carbocycles. The molecular weight excluding hydrogens is 378 g/mol. The van der Waals surface area contributed by atoms with Gasteiger partial charge in [0, 0.05) is 4.47 Å². The van der Waals surface area contributed by atoms with E-state index in [-0.39, 0.29) is 5.75 Å². The molecule has 1 aromatic carbocycles. The van der Waals surface area contributed by atoms with Gasteiger partial charge >= 0.3 is 6.16 Å². The molecule has 17 heavy (non-hydrogen) atoms. The molecule has 1 atom stereocenters. The number of carbonyl (C=O) groups excluding carboxylic acids is 1. The van der Waals surface area contributed by atoms with Crippen LogP contribution in [0.25, 0.3) is 0 Å². The lowest BCUT2D eigenvalue weighted by Gasteiger charge is -2.17. The minimum Gasteiger partial charge on any atom is -0.410 e. The third-order valence-electron chi connectivity index (χ3n) is 1.47. The van der Waals surface area contributed by atoms with Crippen molar-refractivity contribution in [3.63, 3.8) is 0 Å². The van der Waals surface area contributed by atoms with E-state index < -0.39 is 15.5 Å². The Morgan fingerprint density at radius 3 is 2.24 bits per heavy atom. The van der Waals surface area contributed by atoms with Crippen molar-refractivity contribution in [2.75, 3.05) is 0 Å². The zero-order chi connectivity index (χ0) is 13.1. The van der Waals surface area contributed by atoms with Crippen molar-refractivity contribution in [1.29, 1.82) is 0 Å². The Kier molecular flexibility index (Phi) is 5.67. The molecule has 0 saturated heterocycles. The van der Waals surface area contributed by atoms with Gasteiger partial charge in [0.05, 0.1) is 0 Å². The second-order valence-electron chi connectivity index (χ2n) is 2.78. The average molecular weight is 383 g/mol. The zero-order valence-corrected chi connectivity index (χ0v) is 12.6. The molecule has 0 aliphatic heterocycles. The molecule has 0 heterocycles. The average Bonchev–Trinajstić information content (AvgIpc) is 2.20. The van der Waals surface area contributed by atoms with Gasteiger partial charge in [0.25, 0.3) is 0 Å². The standard InChI is InChI=1S/C9H5BrCl4O3/c10-5-1-3-6(4-2-5)16-8(15)17-7(11)9(12,13)14/h1-4,7H/t7-/m1/s1. The van der Waals surface area contributed by atoms with Crippen molar-refractivity contribution in [1.82, 2.24) is 0 Å². The number of ether oxygens (including phenoxy) is 2. The number of benzene rings is 1. The normalized spacial score (nSPS) is 13.0. The molecule has 0 radical (unpaired) electrons. The van der Waals surface area contributed by atoms with E-state index in [0.29, 0.717) is 0 Å². The Bertz CT molecular complexity index is 390. The maximum atomic E-state index is 11.2. The van der Waals surface area contributed by atoms with Crippen molar-refractivity contribution in [2.24, 2.45) is 0 Å². The molecule has 1 aromatic rings. The molecule has 0 aromatic heterocycles. The van der Waals surface area contributed by atoms with Crippen molar-refractivity contribution >= 4 is 68.5 Å². The molecule has 0 spiro atoms. The van der Waals surface area contributed by atoms with E-state index in [9.17, 15) is 4.79 Å². The fraction of sp³-hybridized carbons (Fsp3) is 0.222. The highest BCUT2D eigenvalue weighted by Crippen LogP contribution is 2.34. The molecule has 0 aliphatic carbocycles. The minimum atomic E-state index is -1.92. The monoisotopic (exact) mass is 380 g/mol. The van der Waals surface area contributed by atoms with Crippen LogP contribution in [0.1, 0.15) is 0 Å². The number of halogens is 5. The second kappa shape index (κ2) is 6.34. The van der Waals surface area contributed by atoms with E-state index in [1.54, 1.807) is 24.3 Å². The highest BCUT2D eigenvalue weighted by molar-refractivity contribution is 9.10. The van der Waals surface area contributed by atoms with Crippen LogP contribution in [0.4, 0.5) is 4.79 Å². The van der Waals surface area contributed by atoms with Gasteiger partial charge in [-0.25, -0.2) is 4.79 Å². The number of carbonyl (C=O) groups is 1. The van der Waals surface area contributed by atoms with Crippen molar-refractivity contribution in [3.05, 3.63) is 28.7 Å². The predicted molar refractivity (Wildman–Crippen MR) is 71.2 cm³/mol. The zero-order valence-electron chi connectivity index (χ0n) is 8.00. The molecule has 8 heteroatoms. The van der Waals surface area contributed by atoms with Crippen LogP contribution in [0.3, 0.4) is 0 Å². The molecule has 0 fully saturated rings. The number of alkyl halides is 4. The Morgan fingerprint density at radius 1 is 1.24 bits per heavy atom. The Labute approximate surface area is 126 Å². The molecule has 1 rings (SSSR count). The minimum absolute atomic E-state index is 0.284. The van der Waals surface area contributed by atoms with Gasteiger partial charge in [-0.15, -0.1) is 0 Å². The van der Waals surface area contributed by atoms with Crippen molar-refractivity contribution < 1.29 is 14.3 Å². The lowest BCUT2D eigenvalue weighted by atomic mass is 10.3. The van der Waals surface area contributed by atoms with Gasteiger partial charge in [-0.1, -0.05) is 62.3 Å². The van der Waals surface area contributed by atoms with Crippen LogP contribution in [0.15, 0.2) is 28.7 Å². The molecule has 0 bridgehead atoms. The summed E-state index contributed by atoms with van der Waals surface area (Å²) in [6.07, 6.45) is -1.06. The third kappa shape index (κ3) is 5.53. The van der Waals surface area contributed by atoms with Gasteiger partial charge < -0.3 is 9.47 Å². The van der Waals surface area contributed by atoms with Gasteiger partial charge in [-0.2, -0.15) is 0 Å². The van der Waals surface area contributed by atoms with Crippen molar-refractivity contribution in [2.45, 2.75) is 9.36 Å². The predicted octanol–water partition coefficient (Wildman–Crippen LogP) is 4.90. The van der Waals surface area contributed by atoms with Gasteiger partial charge in [-0.05, 0) is 24.3 Å². The Morgan fingerprint density at radius 2 is 1.76 bits per heavy atom. The van der Waals surface area contributed by atoms with Gasteiger partial charge in [0.1, 0.15) is 5.75 Å². The van der Waals surface area contributed by atoms with Gasteiger partial charge in [0.2, 0.25) is 9.36 Å². The first kappa shape index (κ1) is 15.2. The van der Waals surface area contributed by atoms with Crippen LogP contribution in [-0.2, 0) is 4.74 Å². The lowest BCUT2D eigenvalue weighted by molar-refractivity contribution is 0.0882. The Hall–Kier alpha value is 0.130. The van der Waals surface area contributed by atoms with Crippen LogP contribution in [0.2, 0.25) is 0 Å². The maximum Gasteiger partial charge on any atom is 0.515 e. The van der Waals surface area contributed by atoms with E-state index in [2.05, 4.69) is 20.7 Å². The van der Waals surface area contributed by atoms with Gasteiger partial charge in [0.15, 0.2) is 0 Å². The van der Waals surface area contributed by atoms with Gasteiger partial charge in [-0.3, -0.25) is 0 Å². The van der Waals surface area contributed by atoms with Crippen LogP contribution in [0.5, 0.6) is 5.75 Å². The van der Waals surface area contributed by atoms with Crippen LogP contribution in [-0.4, -0.2) is 15.5 Å².